The van der Waals surface area contributed by atoms with Crippen LogP contribution in [-0.2, 0) is 17.4 Å². The third kappa shape index (κ3) is 14.7. The molecule has 3 nitrogen and oxygen atoms in total. The molecular formula is C30H46NdO3P+. The van der Waals surface area contributed by atoms with E-state index in [1.165, 1.54) is 77.0 Å². The van der Waals surface area contributed by atoms with Crippen LogP contribution < -0.4 is 9.05 Å². The fourth-order valence-electron chi connectivity index (χ4n) is 4.32. The molecule has 0 saturated heterocycles. The quantitative estimate of drug-likeness (QED) is 0.108. The second kappa shape index (κ2) is 21.6. The molecule has 0 saturated carbocycles. The monoisotopic (exact) mass is 627 g/mol. The van der Waals surface area contributed by atoms with Gasteiger partial charge in [0.15, 0.2) is 11.5 Å². The van der Waals surface area contributed by atoms with Gasteiger partial charge in [0.05, 0.1) is 0 Å². The summed E-state index contributed by atoms with van der Waals surface area (Å²) in [6, 6.07) is 15.9. The average Bonchev–Trinajstić information content (AvgIpc) is 2.85. The first-order chi connectivity index (χ1) is 16.7. The van der Waals surface area contributed by atoms with Crippen molar-refractivity contribution in [2.75, 3.05) is 0 Å². The third-order valence-corrected chi connectivity index (χ3v) is 7.08. The van der Waals surface area contributed by atoms with Crippen molar-refractivity contribution in [1.29, 1.82) is 0 Å². The Morgan fingerprint density at radius 3 is 1.29 bits per heavy atom. The molecule has 0 bridgehead atoms. The van der Waals surface area contributed by atoms with Gasteiger partial charge in [-0.05, 0) is 37.8 Å². The normalized spacial score (nSPS) is 10.6. The number of benzene rings is 2. The Kier molecular flexibility index (Phi) is 20.0. The number of hydrogen-bond acceptors (Lipinski definition) is 3. The van der Waals surface area contributed by atoms with E-state index < -0.39 is 8.25 Å². The molecule has 0 aliphatic heterocycles. The van der Waals surface area contributed by atoms with E-state index in [1.54, 1.807) is 0 Å². The van der Waals surface area contributed by atoms with Crippen LogP contribution in [0.5, 0.6) is 11.5 Å². The summed E-state index contributed by atoms with van der Waals surface area (Å²) in [7, 11) is -2.27. The maximum atomic E-state index is 12.7. The molecule has 0 heterocycles. The first-order valence-electron chi connectivity index (χ1n) is 13.7. The number of unbranched alkanes of at least 4 members (excludes halogenated alkanes) is 12. The zero-order valence-corrected chi connectivity index (χ0v) is 26.2. The van der Waals surface area contributed by atoms with Crippen molar-refractivity contribution in [2.24, 2.45) is 0 Å². The molecule has 0 unspecified atom stereocenters. The van der Waals surface area contributed by atoms with Crippen LogP contribution in [0.3, 0.4) is 0 Å². The third-order valence-electron chi connectivity index (χ3n) is 6.39. The molecule has 0 aliphatic rings. The zero-order chi connectivity index (χ0) is 24.3. The number of hydrogen-bond donors (Lipinski definition) is 0. The molecule has 0 atom stereocenters. The Morgan fingerprint density at radius 1 is 0.543 bits per heavy atom. The Hall–Kier alpha value is -0.509. The molecule has 35 heavy (non-hydrogen) atoms. The van der Waals surface area contributed by atoms with E-state index >= 15 is 0 Å². The van der Waals surface area contributed by atoms with Gasteiger partial charge in [0.2, 0.25) is 0 Å². The summed E-state index contributed by atoms with van der Waals surface area (Å²) < 4.78 is 24.3. The Morgan fingerprint density at radius 2 is 0.886 bits per heavy atom. The van der Waals surface area contributed by atoms with Crippen LogP contribution in [0.25, 0.3) is 0 Å². The maximum Gasteiger partial charge on any atom is 0.805 e. The predicted octanol–water partition coefficient (Wildman–Crippen LogP) is 10.4. The van der Waals surface area contributed by atoms with Crippen LogP contribution in [0.1, 0.15) is 115 Å². The average molecular weight is 630 g/mol. The van der Waals surface area contributed by atoms with Gasteiger partial charge in [0.25, 0.3) is 0 Å². The van der Waals surface area contributed by atoms with Gasteiger partial charge >= 0.3 is 8.25 Å². The summed E-state index contributed by atoms with van der Waals surface area (Å²) >= 11 is 0. The van der Waals surface area contributed by atoms with Crippen LogP contribution in [-0.4, -0.2) is 0 Å². The first kappa shape index (κ1) is 32.5. The van der Waals surface area contributed by atoms with E-state index in [4.69, 9.17) is 9.05 Å². The summed E-state index contributed by atoms with van der Waals surface area (Å²) in [6.45, 7) is 4.50. The standard InChI is InChI=1S/C30H46O3P.Nd/c1-3-5-7-9-11-13-15-21-27-23-17-19-25-29(27)32-34(31)33-30-26-20-18-24-28(30)22-16-14-12-10-8-6-4-2;/h17-20,23-26H,3-16,21-22H2,1-2H3;/q+1;. The Labute approximate surface area is 248 Å². The molecular weight excluding hydrogens is 584 g/mol. The largest absolute Gasteiger partial charge is 0.805 e. The fourth-order valence-corrected chi connectivity index (χ4v) is 5.04. The van der Waals surface area contributed by atoms with Crippen LogP contribution >= 0.6 is 8.25 Å². The minimum absolute atomic E-state index is 0. The minimum Gasteiger partial charge on any atom is -0.222 e. The van der Waals surface area contributed by atoms with Gasteiger partial charge < -0.3 is 0 Å². The molecule has 0 fully saturated rings. The van der Waals surface area contributed by atoms with Crippen molar-refractivity contribution < 1.29 is 54.5 Å². The van der Waals surface area contributed by atoms with E-state index in [2.05, 4.69) is 26.0 Å². The SMILES string of the molecule is CCCCCCCCCc1ccccc1O[P+](=O)Oc1ccccc1CCCCCCCCC.[Nd]. The van der Waals surface area contributed by atoms with E-state index in [-0.39, 0.29) is 40.8 Å². The summed E-state index contributed by atoms with van der Waals surface area (Å²) in [5.74, 6) is 1.36. The summed E-state index contributed by atoms with van der Waals surface area (Å²) in [4.78, 5) is 0. The topological polar surface area (TPSA) is 35.5 Å². The van der Waals surface area contributed by atoms with Crippen molar-refractivity contribution in [3.05, 3.63) is 59.7 Å². The number of rotatable bonds is 20. The molecule has 2 rings (SSSR count). The van der Waals surface area contributed by atoms with Gasteiger partial charge in [0.1, 0.15) is 0 Å². The van der Waals surface area contributed by atoms with E-state index in [9.17, 15) is 4.57 Å². The van der Waals surface area contributed by atoms with Crippen LogP contribution in [0.2, 0.25) is 0 Å². The summed E-state index contributed by atoms with van der Waals surface area (Å²) in [5.41, 5.74) is 2.22. The predicted molar refractivity (Wildman–Crippen MR) is 145 cm³/mol. The molecule has 0 spiro atoms. The van der Waals surface area contributed by atoms with Crippen LogP contribution in [0.4, 0.5) is 0 Å². The van der Waals surface area contributed by atoms with Gasteiger partial charge in [-0.25, -0.2) is 9.05 Å². The molecule has 0 aliphatic carbocycles. The number of para-hydroxylation sites is 2. The van der Waals surface area contributed by atoms with E-state index in [0.29, 0.717) is 11.5 Å². The van der Waals surface area contributed by atoms with Crippen molar-refractivity contribution in [3.63, 3.8) is 0 Å². The molecule has 0 aromatic heterocycles. The van der Waals surface area contributed by atoms with Crippen molar-refractivity contribution in [3.8, 4) is 11.5 Å². The van der Waals surface area contributed by atoms with Gasteiger partial charge in [-0.15, -0.1) is 0 Å². The fraction of sp³-hybridized carbons (Fsp3) is 0.600. The summed E-state index contributed by atoms with van der Waals surface area (Å²) in [6.07, 6.45) is 19.8. The molecule has 192 valence electrons. The zero-order valence-electron chi connectivity index (χ0n) is 22.1. The van der Waals surface area contributed by atoms with Gasteiger partial charge in [0, 0.05) is 56.5 Å². The van der Waals surface area contributed by atoms with Gasteiger partial charge in [-0.2, -0.15) is 0 Å². The summed E-state index contributed by atoms with van der Waals surface area (Å²) in [5, 5.41) is 0. The second-order valence-corrected chi connectivity index (χ2v) is 10.2. The van der Waals surface area contributed by atoms with Gasteiger partial charge in [-0.1, -0.05) is 127 Å². The minimum atomic E-state index is -2.27. The van der Waals surface area contributed by atoms with Crippen molar-refractivity contribution in [2.45, 2.75) is 117 Å². The molecule has 2 aromatic rings. The van der Waals surface area contributed by atoms with Gasteiger partial charge in [-0.3, -0.25) is 0 Å². The van der Waals surface area contributed by atoms with Crippen LogP contribution in [0.15, 0.2) is 48.5 Å². The first-order valence-corrected chi connectivity index (χ1v) is 14.8. The Balaban J connectivity index is 0.00000612. The molecule has 0 radical (unpaired) electrons. The second-order valence-electron chi connectivity index (χ2n) is 9.36. The smallest absolute Gasteiger partial charge is 0.222 e. The van der Waals surface area contributed by atoms with E-state index in [1.807, 2.05) is 36.4 Å². The van der Waals surface area contributed by atoms with Crippen molar-refractivity contribution >= 4 is 8.25 Å². The maximum absolute atomic E-state index is 12.7. The Bertz CT molecular complexity index is 746. The number of aryl methyl sites for hydroxylation is 2. The molecule has 5 heteroatoms. The van der Waals surface area contributed by atoms with Crippen molar-refractivity contribution in [1.82, 2.24) is 0 Å². The van der Waals surface area contributed by atoms with E-state index in [0.717, 1.165) is 36.8 Å². The molecule has 0 amide bonds. The van der Waals surface area contributed by atoms with Crippen LogP contribution in [0, 0.1) is 40.8 Å². The molecule has 0 N–H and O–H groups in total. The molecule has 2 aromatic carbocycles.